The van der Waals surface area contributed by atoms with Gasteiger partial charge < -0.3 is 15.7 Å². The molecule has 3 N–H and O–H groups in total. The number of carboxylic acid groups (broad SMARTS) is 1. The Morgan fingerprint density at radius 3 is 2.52 bits per heavy atom. The monoisotopic (exact) mass is 282 g/mol. The van der Waals surface area contributed by atoms with E-state index < -0.39 is 12.0 Å². The molecule has 21 heavy (non-hydrogen) atoms. The number of nitrogens with zero attached hydrogens (tertiary/aromatic N) is 1. The minimum absolute atomic E-state index is 0.338. The first kappa shape index (κ1) is 13.6. The van der Waals surface area contributed by atoms with E-state index in [9.17, 15) is 9.90 Å². The van der Waals surface area contributed by atoms with Gasteiger partial charge >= 0.3 is 5.97 Å². The van der Waals surface area contributed by atoms with Crippen LogP contribution in [-0.4, -0.2) is 23.7 Å². The molecule has 2 atom stereocenters. The molecule has 4 nitrogen and oxygen atoms in total. The highest BCUT2D eigenvalue weighted by atomic mass is 16.4. The summed E-state index contributed by atoms with van der Waals surface area (Å²) in [6.07, 6.45) is 0.897. The Bertz CT molecular complexity index is 642. The predicted molar refractivity (Wildman–Crippen MR) is 82.3 cm³/mol. The lowest BCUT2D eigenvalue weighted by Gasteiger charge is -2.40. The third-order valence-electron chi connectivity index (χ3n) is 4.04. The molecule has 0 radical (unpaired) electrons. The minimum atomic E-state index is -0.974. The fourth-order valence-electron chi connectivity index (χ4n) is 3.03. The fourth-order valence-corrected chi connectivity index (χ4v) is 3.03. The van der Waals surface area contributed by atoms with Crippen LogP contribution in [0.1, 0.15) is 17.2 Å². The molecular weight excluding hydrogens is 264 g/mol. The van der Waals surface area contributed by atoms with Gasteiger partial charge in [-0.25, -0.2) is 0 Å². The highest BCUT2D eigenvalue weighted by molar-refractivity contribution is 5.76. The maximum Gasteiger partial charge on any atom is 0.322 e. The van der Waals surface area contributed by atoms with Crippen molar-refractivity contribution in [2.75, 3.05) is 11.4 Å². The number of carboxylic acids is 1. The normalized spacial score (nSPS) is 18.9. The van der Waals surface area contributed by atoms with Gasteiger partial charge in [0.25, 0.3) is 0 Å². The van der Waals surface area contributed by atoms with Crippen LogP contribution in [0.5, 0.6) is 0 Å². The van der Waals surface area contributed by atoms with Gasteiger partial charge in [0.2, 0.25) is 0 Å². The summed E-state index contributed by atoms with van der Waals surface area (Å²) in [5, 5.41) is 9.37. The zero-order valence-electron chi connectivity index (χ0n) is 11.6. The summed E-state index contributed by atoms with van der Waals surface area (Å²) in [7, 11) is 0. The second kappa shape index (κ2) is 5.58. The van der Waals surface area contributed by atoms with Gasteiger partial charge in [0.05, 0.1) is 6.04 Å². The Labute approximate surface area is 123 Å². The molecule has 0 saturated heterocycles. The van der Waals surface area contributed by atoms with Crippen LogP contribution in [0.2, 0.25) is 0 Å². The molecule has 0 bridgehead atoms. The van der Waals surface area contributed by atoms with Gasteiger partial charge in [-0.05, 0) is 29.7 Å². The van der Waals surface area contributed by atoms with E-state index in [4.69, 9.17) is 5.73 Å². The third-order valence-corrected chi connectivity index (χ3v) is 4.04. The number of fused-ring (bicyclic) bond motifs is 1. The van der Waals surface area contributed by atoms with Crippen LogP contribution in [0, 0.1) is 0 Å². The SMILES string of the molecule is NC(C(=O)O)C1c2ccccc2CCN1c1ccccc1. The van der Waals surface area contributed by atoms with E-state index in [0.717, 1.165) is 24.2 Å². The van der Waals surface area contributed by atoms with Gasteiger partial charge in [0, 0.05) is 12.2 Å². The molecule has 2 aromatic carbocycles. The molecule has 108 valence electrons. The summed E-state index contributed by atoms with van der Waals surface area (Å²) in [5.74, 6) is -0.974. The van der Waals surface area contributed by atoms with Crippen molar-refractivity contribution in [3.8, 4) is 0 Å². The summed E-state index contributed by atoms with van der Waals surface area (Å²) in [6.45, 7) is 0.771. The molecule has 0 aliphatic carbocycles. The van der Waals surface area contributed by atoms with E-state index in [-0.39, 0.29) is 6.04 Å². The summed E-state index contributed by atoms with van der Waals surface area (Å²) in [4.78, 5) is 13.5. The van der Waals surface area contributed by atoms with Crippen molar-refractivity contribution in [3.63, 3.8) is 0 Å². The molecule has 1 aliphatic rings. The molecule has 2 unspecified atom stereocenters. The number of hydrogen-bond donors (Lipinski definition) is 2. The van der Waals surface area contributed by atoms with Gasteiger partial charge in [-0.2, -0.15) is 0 Å². The maximum absolute atomic E-state index is 11.4. The molecule has 0 saturated carbocycles. The highest BCUT2D eigenvalue weighted by Crippen LogP contribution is 2.35. The van der Waals surface area contributed by atoms with Crippen LogP contribution in [0.15, 0.2) is 54.6 Å². The zero-order valence-corrected chi connectivity index (χ0v) is 11.6. The first-order valence-electron chi connectivity index (χ1n) is 7.06. The fraction of sp³-hybridized carbons (Fsp3) is 0.235. The summed E-state index contributed by atoms with van der Waals surface area (Å²) in [5.41, 5.74) is 9.20. The molecule has 1 heterocycles. The average molecular weight is 282 g/mol. The molecule has 3 rings (SSSR count). The Morgan fingerprint density at radius 1 is 1.14 bits per heavy atom. The van der Waals surface area contributed by atoms with Crippen molar-refractivity contribution < 1.29 is 9.90 Å². The van der Waals surface area contributed by atoms with E-state index in [0.29, 0.717) is 0 Å². The molecular formula is C17H18N2O2. The first-order valence-corrected chi connectivity index (χ1v) is 7.06. The maximum atomic E-state index is 11.4. The molecule has 4 heteroatoms. The third kappa shape index (κ3) is 2.50. The van der Waals surface area contributed by atoms with Crippen molar-refractivity contribution in [3.05, 3.63) is 65.7 Å². The minimum Gasteiger partial charge on any atom is -0.480 e. The molecule has 0 spiro atoms. The van der Waals surface area contributed by atoms with Gasteiger partial charge in [-0.15, -0.1) is 0 Å². The predicted octanol–water partition coefficient (Wildman–Crippen LogP) is 2.20. The topological polar surface area (TPSA) is 66.6 Å². The lowest BCUT2D eigenvalue weighted by molar-refractivity contribution is -0.139. The number of rotatable bonds is 3. The second-order valence-electron chi connectivity index (χ2n) is 5.29. The lowest BCUT2D eigenvalue weighted by Crippen LogP contribution is -2.49. The highest BCUT2D eigenvalue weighted by Gasteiger charge is 2.35. The van der Waals surface area contributed by atoms with Gasteiger partial charge in [-0.1, -0.05) is 42.5 Å². The number of benzene rings is 2. The van der Waals surface area contributed by atoms with E-state index in [1.54, 1.807) is 0 Å². The Morgan fingerprint density at radius 2 is 1.81 bits per heavy atom. The second-order valence-corrected chi connectivity index (χ2v) is 5.29. The van der Waals surface area contributed by atoms with E-state index in [1.807, 2.05) is 48.5 Å². The molecule has 2 aromatic rings. The Balaban J connectivity index is 2.07. The number of carbonyl (C=O) groups is 1. The lowest BCUT2D eigenvalue weighted by atomic mass is 9.88. The average Bonchev–Trinajstić information content (AvgIpc) is 2.53. The van der Waals surface area contributed by atoms with Crippen molar-refractivity contribution in [1.82, 2.24) is 0 Å². The Hall–Kier alpha value is -2.33. The van der Waals surface area contributed by atoms with Gasteiger partial charge in [0.15, 0.2) is 0 Å². The number of aliphatic carboxylic acids is 1. The van der Waals surface area contributed by atoms with E-state index in [1.165, 1.54) is 5.56 Å². The summed E-state index contributed by atoms with van der Waals surface area (Å²) >= 11 is 0. The number of anilines is 1. The zero-order chi connectivity index (χ0) is 14.8. The summed E-state index contributed by atoms with van der Waals surface area (Å²) < 4.78 is 0. The van der Waals surface area contributed by atoms with E-state index in [2.05, 4.69) is 11.0 Å². The molecule has 0 fully saturated rings. The number of para-hydroxylation sites is 1. The largest absolute Gasteiger partial charge is 0.480 e. The summed E-state index contributed by atoms with van der Waals surface area (Å²) in [6, 6.07) is 16.5. The quantitative estimate of drug-likeness (QED) is 0.905. The Kier molecular flexibility index (Phi) is 3.62. The van der Waals surface area contributed by atoms with Crippen LogP contribution in [0.3, 0.4) is 0 Å². The van der Waals surface area contributed by atoms with Crippen LogP contribution in [0.4, 0.5) is 5.69 Å². The smallest absolute Gasteiger partial charge is 0.322 e. The van der Waals surface area contributed by atoms with Crippen LogP contribution in [0.25, 0.3) is 0 Å². The van der Waals surface area contributed by atoms with Crippen molar-refractivity contribution in [2.24, 2.45) is 5.73 Å². The van der Waals surface area contributed by atoms with E-state index >= 15 is 0 Å². The van der Waals surface area contributed by atoms with Crippen LogP contribution in [-0.2, 0) is 11.2 Å². The van der Waals surface area contributed by atoms with Crippen LogP contribution < -0.4 is 10.6 Å². The number of hydrogen-bond acceptors (Lipinski definition) is 3. The van der Waals surface area contributed by atoms with Crippen molar-refractivity contribution in [2.45, 2.75) is 18.5 Å². The standard InChI is InChI=1S/C17H18N2O2/c18-15(17(20)21)16-14-9-5-4-6-12(14)10-11-19(16)13-7-2-1-3-8-13/h1-9,15-16H,10-11,18H2,(H,20,21). The van der Waals surface area contributed by atoms with Gasteiger partial charge in [-0.3, -0.25) is 4.79 Å². The van der Waals surface area contributed by atoms with Crippen LogP contribution >= 0.6 is 0 Å². The van der Waals surface area contributed by atoms with Gasteiger partial charge in [0.1, 0.15) is 6.04 Å². The van der Waals surface area contributed by atoms with Crippen molar-refractivity contribution in [1.29, 1.82) is 0 Å². The first-order chi connectivity index (χ1) is 10.2. The number of nitrogens with two attached hydrogens (primary N) is 1. The molecule has 1 aliphatic heterocycles. The molecule has 0 amide bonds. The molecule has 0 aromatic heterocycles. The van der Waals surface area contributed by atoms with Crippen molar-refractivity contribution >= 4 is 11.7 Å².